The SMILES string of the molecule is N#Cc1cn(SC(Cl)(Cl)Cl)cc1-c1ccccc1. The zero-order valence-electron chi connectivity index (χ0n) is 8.98. The van der Waals surface area contributed by atoms with Gasteiger partial charge in [-0.1, -0.05) is 65.1 Å². The van der Waals surface area contributed by atoms with Crippen LogP contribution in [0.1, 0.15) is 5.56 Å². The molecule has 2 aromatic rings. The van der Waals surface area contributed by atoms with Gasteiger partial charge < -0.3 is 0 Å². The predicted molar refractivity (Wildman–Crippen MR) is 77.9 cm³/mol. The van der Waals surface area contributed by atoms with E-state index in [1.54, 1.807) is 16.4 Å². The summed E-state index contributed by atoms with van der Waals surface area (Å²) in [7, 11) is 0. The van der Waals surface area contributed by atoms with E-state index in [1.807, 2.05) is 30.3 Å². The monoisotopic (exact) mass is 316 g/mol. The molecule has 0 atom stereocenters. The summed E-state index contributed by atoms with van der Waals surface area (Å²) in [4.78, 5) is 0. The number of aromatic nitrogens is 1. The number of alkyl halides is 3. The van der Waals surface area contributed by atoms with E-state index in [4.69, 9.17) is 40.1 Å². The quantitative estimate of drug-likeness (QED) is 0.741. The van der Waals surface area contributed by atoms with E-state index in [-0.39, 0.29) is 0 Å². The summed E-state index contributed by atoms with van der Waals surface area (Å²) in [5.41, 5.74) is 2.32. The summed E-state index contributed by atoms with van der Waals surface area (Å²) in [5, 5.41) is 9.12. The van der Waals surface area contributed by atoms with Gasteiger partial charge in [-0.3, -0.25) is 3.97 Å². The third-order valence-electron chi connectivity index (χ3n) is 2.22. The molecule has 0 aliphatic carbocycles. The Hall–Kier alpha value is -0.790. The Morgan fingerprint density at radius 2 is 1.78 bits per heavy atom. The highest BCUT2D eigenvalue weighted by Crippen LogP contribution is 2.41. The highest BCUT2D eigenvalue weighted by molar-refractivity contribution is 8.03. The summed E-state index contributed by atoms with van der Waals surface area (Å²) in [6, 6.07) is 11.7. The van der Waals surface area contributed by atoms with Crippen molar-refractivity contribution in [2.24, 2.45) is 0 Å². The standard InChI is InChI=1S/C12H7Cl3N2S/c13-12(14,15)18-17-7-10(6-16)11(8-17)9-4-2-1-3-5-9/h1-5,7-8H. The van der Waals surface area contributed by atoms with Crippen LogP contribution in [0.4, 0.5) is 0 Å². The Bertz CT molecular complexity index is 582. The van der Waals surface area contributed by atoms with Crippen LogP contribution in [0, 0.1) is 11.3 Å². The van der Waals surface area contributed by atoms with Crippen molar-refractivity contribution in [2.75, 3.05) is 0 Å². The van der Waals surface area contributed by atoms with E-state index in [0.717, 1.165) is 23.1 Å². The molecule has 0 aliphatic heterocycles. The lowest BCUT2D eigenvalue weighted by atomic mass is 10.1. The molecule has 1 heterocycles. The van der Waals surface area contributed by atoms with Gasteiger partial charge >= 0.3 is 0 Å². The summed E-state index contributed by atoms with van der Waals surface area (Å²) >= 11 is 18.1. The summed E-state index contributed by atoms with van der Waals surface area (Å²) in [6.45, 7) is 0. The Morgan fingerprint density at radius 1 is 1.11 bits per heavy atom. The van der Waals surface area contributed by atoms with Gasteiger partial charge in [-0.15, -0.1) is 0 Å². The van der Waals surface area contributed by atoms with Crippen LogP contribution >= 0.6 is 46.8 Å². The molecule has 0 spiro atoms. The molecule has 92 valence electrons. The zero-order valence-corrected chi connectivity index (χ0v) is 12.1. The van der Waals surface area contributed by atoms with Crippen molar-refractivity contribution in [1.82, 2.24) is 3.97 Å². The van der Waals surface area contributed by atoms with Gasteiger partial charge in [0.15, 0.2) is 0 Å². The Balaban J connectivity index is 2.41. The van der Waals surface area contributed by atoms with Crippen molar-refractivity contribution in [3.8, 4) is 17.2 Å². The van der Waals surface area contributed by atoms with E-state index >= 15 is 0 Å². The topological polar surface area (TPSA) is 28.7 Å². The third kappa shape index (κ3) is 3.37. The molecule has 0 saturated heterocycles. The molecule has 0 radical (unpaired) electrons. The second kappa shape index (κ2) is 5.46. The Morgan fingerprint density at radius 3 is 2.33 bits per heavy atom. The van der Waals surface area contributed by atoms with Crippen molar-refractivity contribution in [3.63, 3.8) is 0 Å². The van der Waals surface area contributed by atoms with Crippen LogP contribution in [-0.4, -0.2) is 7.10 Å². The van der Waals surface area contributed by atoms with Gasteiger partial charge in [-0.2, -0.15) is 5.26 Å². The molecule has 0 bridgehead atoms. The van der Waals surface area contributed by atoms with Gasteiger partial charge in [-0.05, 0) is 5.56 Å². The number of rotatable bonds is 2. The van der Waals surface area contributed by atoms with Gasteiger partial charge in [0.2, 0.25) is 0 Å². The molecular weight excluding hydrogens is 311 g/mol. The maximum absolute atomic E-state index is 9.12. The van der Waals surface area contributed by atoms with Gasteiger partial charge in [0, 0.05) is 29.9 Å². The lowest BCUT2D eigenvalue weighted by Gasteiger charge is -2.09. The lowest BCUT2D eigenvalue weighted by molar-refractivity contribution is 1.27. The van der Waals surface area contributed by atoms with Crippen LogP contribution in [-0.2, 0) is 0 Å². The number of halogens is 3. The van der Waals surface area contributed by atoms with Crippen LogP contribution in [0.5, 0.6) is 0 Å². The first kappa shape index (κ1) is 13.6. The van der Waals surface area contributed by atoms with Crippen LogP contribution < -0.4 is 0 Å². The minimum atomic E-state index is -1.46. The number of nitrogens with zero attached hydrogens (tertiary/aromatic N) is 2. The van der Waals surface area contributed by atoms with Crippen molar-refractivity contribution in [3.05, 3.63) is 48.3 Å². The van der Waals surface area contributed by atoms with E-state index < -0.39 is 3.12 Å². The molecule has 0 saturated carbocycles. The maximum Gasteiger partial charge on any atom is 0.256 e. The van der Waals surface area contributed by atoms with Crippen LogP contribution in [0.3, 0.4) is 0 Å². The van der Waals surface area contributed by atoms with E-state index in [9.17, 15) is 0 Å². The lowest BCUT2D eigenvalue weighted by Crippen LogP contribution is -1.97. The Kier molecular flexibility index (Phi) is 4.14. The number of nitriles is 1. The van der Waals surface area contributed by atoms with Crippen molar-refractivity contribution < 1.29 is 0 Å². The fourth-order valence-corrected chi connectivity index (χ4v) is 2.81. The van der Waals surface area contributed by atoms with Crippen molar-refractivity contribution >= 4 is 46.8 Å². The average Bonchev–Trinajstić information content (AvgIpc) is 2.71. The van der Waals surface area contributed by atoms with Gasteiger partial charge in [0.25, 0.3) is 3.12 Å². The Labute approximate surface area is 124 Å². The highest BCUT2D eigenvalue weighted by Gasteiger charge is 2.22. The average molecular weight is 318 g/mol. The third-order valence-corrected chi connectivity index (χ3v) is 3.47. The molecular formula is C12H7Cl3N2S. The van der Waals surface area contributed by atoms with Crippen LogP contribution in [0.2, 0.25) is 0 Å². The van der Waals surface area contributed by atoms with Crippen molar-refractivity contribution in [1.29, 1.82) is 5.26 Å². The van der Waals surface area contributed by atoms with Gasteiger partial charge in [0.05, 0.1) is 5.56 Å². The molecule has 0 N–H and O–H groups in total. The summed E-state index contributed by atoms with van der Waals surface area (Å²) in [6.07, 6.45) is 3.43. The zero-order chi connectivity index (χ0) is 13.2. The molecule has 2 nitrogen and oxygen atoms in total. The van der Waals surface area contributed by atoms with Gasteiger partial charge in [-0.25, -0.2) is 0 Å². The maximum atomic E-state index is 9.12. The molecule has 1 aromatic heterocycles. The number of hydrogen-bond donors (Lipinski definition) is 0. The van der Waals surface area contributed by atoms with Crippen LogP contribution in [0.25, 0.3) is 11.1 Å². The molecule has 0 amide bonds. The summed E-state index contributed by atoms with van der Waals surface area (Å²) < 4.78 is 0.174. The highest BCUT2D eigenvalue weighted by atomic mass is 35.6. The first-order valence-electron chi connectivity index (χ1n) is 4.93. The van der Waals surface area contributed by atoms with Crippen molar-refractivity contribution in [2.45, 2.75) is 3.12 Å². The minimum absolute atomic E-state index is 0.544. The van der Waals surface area contributed by atoms with E-state index in [1.165, 1.54) is 0 Å². The molecule has 18 heavy (non-hydrogen) atoms. The second-order valence-electron chi connectivity index (χ2n) is 3.46. The van der Waals surface area contributed by atoms with E-state index in [0.29, 0.717) is 5.56 Å². The number of benzene rings is 1. The first-order chi connectivity index (χ1) is 8.49. The molecule has 0 unspecified atom stereocenters. The fraction of sp³-hybridized carbons (Fsp3) is 0.0833. The predicted octanol–water partition coefficient (Wildman–Crippen LogP) is 4.85. The normalized spacial score (nSPS) is 11.2. The minimum Gasteiger partial charge on any atom is -0.294 e. The molecule has 2 rings (SSSR count). The summed E-state index contributed by atoms with van der Waals surface area (Å²) in [5.74, 6) is 0. The fourth-order valence-electron chi connectivity index (χ4n) is 1.54. The second-order valence-corrected chi connectivity index (χ2v) is 7.63. The molecule has 1 aromatic carbocycles. The molecule has 0 fully saturated rings. The first-order valence-corrected chi connectivity index (χ1v) is 6.84. The molecule has 0 aliphatic rings. The number of hydrogen-bond acceptors (Lipinski definition) is 2. The van der Waals surface area contributed by atoms with Gasteiger partial charge in [0.1, 0.15) is 6.07 Å². The largest absolute Gasteiger partial charge is 0.294 e. The molecule has 6 heteroatoms. The van der Waals surface area contributed by atoms with Crippen LogP contribution in [0.15, 0.2) is 42.7 Å². The smallest absolute Gasteiger partial charge is 0.256 e. The van der Waals surface area contributed by atoms with E-state index in [2.05, 4.69) is 6.07 Å².